The van der Waals surface area contributed by atoms with Crippen LogP contribution in [0.5, 0.6) is 11.5 Å². The van der Waals surface area contributed by atoms with Crippen molar-refractivity contribution in [2.45, 2.75) is 77.9 Å². The van der Waals surface area contributed by atoms with Crippen molar-refractivity contribution >= 4 is 28.9 Å². The molecule has 238 valence electrons. The summed E-state index contributed by atoms with van der Waals surface area (Å²) >= 11 is 6.27. The fourth-order valence-corrected chi connectivity index (χ4v) is 6.23. The van der Waals surface area contributed by atoms with E-state index in [0.717, 1.165) is 47.8 Å². The number of fused-ring (bicyclic) bond motifs is 1. The molecule has 0 saturated heterocycles. The number of hydrogen-bond acceptors (Lipinski definition) is 5. The zero-order valence-electron chi connectivity index (χ0n) is 27.4. The summed E-state index contributed by atoms with van der Waals surface area (Å²) in [5, 5.41) is 3.60. The van der Waals surface area contributed by atoms with Crippen LogP contribution in [0.1, 0.15) is 82.0 Å². The van der Waals surface area contributed by atoms with E-state index < -0.39 is 0 Å². The van der Waals surface area contributed by atoms with Gasteiger partial charge in [-0.3, -0.25) is 4.79 Å². The zero-order valence-corrected chi connectivity index (χ0v) is 28.1. The highest BCUT2D eigenvalue weighted by molar-refractivity contribution is 6.30. The summed E-state index contributed by atoms with van der Waals surface area (Å²) in [6.45, 7) is 8.37. The van der Waals surface area contributed by atoms with Crippen molar-refractivity contribution in [3.8, 4) is 11.5 Å². The van der Waals surface area contributed by atoms with Crippen LogP contribution in [0.25, 0.3) is 0 Å². The number of benzene rings is 3. The Morgan fingerprint density at radius 3 is 2.25 bits per heavy atom. The van der Waals surface area contributed by atoms with Gasteiger partial charge in [0.05, 0.1) is 25.7 Å². The third kappa shape index (κ3) is 8.28. The predicted octanol–water partition coefficient (Wildman–Crippen LogP) is 8.45. The van der Waals surface area contributed by atoms with E-state index in [0.29, 0.717) is 22.9 Å². The van der Waals surface area contributed by atoms with E-state index in [9.17, 15) is 4.79 Å². The van der Waals surface area contributed by atoms with Gasteiger partial charge >= 0.3 is 0 Å². The SMILES string of the molecule is CCNC.CC[C@@H](C)Oc1cc2c(cc1OC)CC(=O)N(c1ccc(N(C)CC3CCCCC3)cc1)C2c1ccc(Cl)cc1. The molecule has 3 aromatic rings. The fourth-order valence-electron chi connectivity index (χ4n) is 6.11. The summed E-state index contributed by atoms with van der Waals surface area (Å²) in [7, 11) is 5.75. The molecule has 7 heteroatoms. The largest absolute Gasteiger partial charge is 0.493 e. The van der Waals surface area contributed by atoms with Crippen LogP contribution in [-0.4, -0.2) is 46.3 Å². The molecule has 1 aliphatic heterocycles. The zero-order chi connectivity index (χ0) is 31.6. The number of nitrogens with one attached hydrogen (secondary N) is 1. The first-order valence-electron chi connectivity index (χ1n) is 16.2. The summed E-state index contributed by atoms with van der Waals surface area (Å²) in [6.07, 6.45) is 7.92. The Bertz CT molecular complexity index is 1340. The number of amides is 1. The summed E-state index contributed by atoms with van der Waals surface area (Å²) in [4.78, 5) is 18.1. The van der Waals surface area contributed by atoms with Gasteiger partial charge in [0.1, 0.15) is 0 Å². The number of carbonyl (C=O) groups is 1. The molecule has 1 fully saturated rings. The topological polar surface area (TPSA) is 54.0 Å². The van der Waals surface area contributed by atoms with Crippen molar-refractivity contribution < 1.29 is 14.3 Å². The molecule has 1 aliphatic carbocycles. The Labute approximate surface area is 269 Å². The van der Waals surface area contributed by atoms with Crippen LogP contribution in [0.15, 0.2) is 60.7 Å². The Morgan fingerprint density at radius 1 is 1.00 bits per heavy atom. The number of nitrogens with zero attached hydrogens (tertiary/aromatic N) is 2. The van der Waals surface area contributed by atoms with Crippen LogP contribution in [0.2, 0.25) is 5.02 Å². The van der Waals surface area contributed by atoms with E-state index in [1.54, 1.807) is 7.11 Å². The van der Waals surface area contributed by atoms with E-state index in [2.05, 4.69) is 68.4 Å². The first kappa shape index (κ1) is 33.7. The van der Waals surface area contributed by atoms with Gasteiger partial charge in [-0.2, -0.15) is 0 Å². The average Bonchev–Trinajstić information content (AvgIpc) is 3.05. The maximum atomic E-state index is 13.8. The van der Waals surface area contributed by atoms with E-state index in [1.807, 2.05) is 42.3 Å². The van der Waals surface area contributed by atoms with Gasteiger partial charge < -0.3 is 24.6 Å². The number of rotatable bonds is 10. The third-order valence-corrected chi connectivity index (χ3v) is 9.11. The van der Waals surface area contributed by atoms with Crippen LogP contribution >= 0.6 is 11.6 Å². The van der Waals surface area contributed by atoms with E-state index >= 15 is 0 Å². The fraction of sp³-hybridized carbons (Fsp3) is 0.486. The Morgan fingerprint density at radius 2 is 1.66 bits per heavy atom. The van der Waals surface area contributed by atoms with Crippen LogP contribution in [0.4, 0.5) is 11.4 Å². The number of carbonyl (C=O) groups excluding carboxylic acids is 1. The average molecular weight is 620 g/mol. The number of methoxy groups -OCH3 is 1. The molecule has 1 unspecified atom stereocenters. The number of anilines is 2. The van der Waals surface area contributed by atoms with Crippen molar-refractivity contribution in [3.63, 3.8) is 0 Å². The molecule has 1 amide bonds. The second-order valence-electron chi connectivity index (χ2n) is 12.0. The monoisotopic (exact) mass is 619 g/mol. The smallest absolute Gasteiger partial charge is 0.232 e. The molecule has 1 heterocycles. The molecule has 3 aromatic carbocycles. The van der Waals surface area contributed by atoms with Crippen LogP contribution in [-0.2, 0) is 11.2 Å². The summed E-state index contributed by atoms with van der Waals surface area (Å²) in [6, 6.07) is 20.0. The highest BCUT2D eigenvalue weighted by atomic mass is 35.5. The van der Waals surface area contributed by atoms with Crippen molar-refractivity contribution in [3.05, 3.63) is 82.4 Å². The maximum Gasteiger partial charge on any atom is 0.232 e. The van der Waals surface area contributed by atoms with Crippen molar-refractivity contribution in [1.82, 2.24) is 5.32 Å². The second-order valence-corrected chi connectivity index (χ2v) is 12.5. The molecule has 0 bridgehead atoms. The van der Waals surface area contributed by atoms with Crippen molar-refractivity contribution in [2.24, 2.45) is 5.92 Å². The summed E-state index contributed by atoms with van der Waals surface area (Å²) in [5.74, 6) is 2.16. The van der Waals surface area contributed by atoms with Crippen LogP contribution in [0, 0.1) is 5.92 Å². The van der Waals surface area contributed by atoms with Gasteiger partial charge in [-0.15, -0.1) is 0 Å². The summed E-state index contributed by atoms with van der Waals surface area (Å²) < 4.78 is 12.0. The molecule has 0 spiro atoms. The molecule has 1 saturated carbocycles. The van der Waals surface area contributed by atoms with Gasteiger partial charge in [0, 0.05) is 30.0 Å². The molecule has 44 heavy (non-hydrogen) atoms. The van der Waals surface area contributed by atoms with Crippen LogP contribution in [0.3, 0.4) is 0 Å². The lowest BCUT2D eigenvalue weighted by molar-refractivity contribution is -0.118. The Kier molecular flexibility index (Phi) is 12.4. The van der Waals surface area contributed by atoms with Gasteiger partial charge in [0.2, 0.25) is 5.91 Å². The maximum absolute atomic E-state index is 13.8. The molecule has 2 atom stereocenters. The van der Waals surface area contributed by atoms with Gasteiger partial charge in [0.25, 0.3) is 0 Å². The molecule has 0 aromatic heterocycles. The molecule has 5 rings (SSSR count). The number of hydrogen-bond donors (Lipinski definition) is 1. The number of halogens is 1. The molecule has 2 aliphatic rings. The summed E-state index contributed by atoms with van der Waals surface area (Å²) in [5.41, 5.74) is 5.05. The first-order chi connectivity index (χ1) is 21.3. The Hall–Kier alpha value is -3.22. The van der Waals surface area contributed by atoms with Crippen molar-refractivity contribution in [2.75, 3.05) is 44.1 Å². The quantitative estimate of drug-likeness (QED) is 0.247. The second kappa shape index (κ2) is 16.2. The standard InChI is InChI=1S/C34H41ClN2O3.C3H9N/c1-5-23(2)40-32-21-30-26(19-31(32)39-4)20-33(38)37(34(30)25-11-13-27(35)14-12-25)29-17-15-28(16-18-29)36(3)22-24-9-7-6-8-10-24;1-3-4-2/h11-19,21,23-24,34H,5-10,20,22H2,1-4H3;4H,3H2,1-2H3/t23-,34?;/m1./s1. The lowest BCUT2D eigenvalue weighted by Crippen LogP contribution is -2.41. The molecule has 0 radical (unpaired) electrons. The minimum atomic E-state index is -0.315. The van der Waals surface area contributed by atoms with E-state index in [-0.39, 0.29) is 18.1 Å². The minimum absolute atomic E-state index is 0.0420. The normalized spacial score (nSPS) is 17.3. The highest BCUT2D eigenvalue weighted by Gasteiger charge is 2.36. The van der Waals surface area contributed by atoms with E-state index in [1.165, 1.54) is 37.8 Å². The number of ether oxygens (including phenoxy) is 2. The van der Waals surface area contributed by atoms with Gasteiger partial charge in [-0.1, -0.05) is 56.8 Å². The van der Waals surface area contributed by atoms with Crippen LogP contribution < -0.4 is 24.6 Å². The molecule has 1 N–H and O–H groups in total. The first-order valence-corrected chi connectivity index (χ1v) is 16.6. The lowest BCUT2D eigenvalue weighted by Gasteiger charge is -2.38. The Balaban J connectivity index is 0.00000104. The minimum Gasteiger partial charge on any atom is -0.493 e. The third-order valence-electron chi connectivity index (χ3n) is 8.86. The van der Waals surface area contributed by atoms with Gasteiger partial charge in [-0.05, 0) is 111 Å². The lowest BCUT2D eigenvalue weighted by atomic mass is 9.86. The molecular formula is C37H50ClN3O3. The molecular weight excluding hydrogens is 570 g/mol. The van der Waals surface area contributed by atoms with Gasteiger partial charge in [0.15, 0.2) is 11.5 Å². The highest BCUT2D eigenvalue weighted by Crippen LogP contribution is 2.44. The van der Waals surface area contributed by atoms with E-state index in [4.69, 9.17) is 21.1 Å². The van der Waals surface area contributed by atoms with Gasteiger partial charge in [-0.25, -0.2) is 0 Å². The predicted molar refractivity (Wildman–Crippen MR) is 184 cm³/mol. The van der Waals surface area contributed by atoms with Crippen molar-refractivity contribution in [1.29, 1.82) is 0 Å². The molecule has 6 nitrogen and oxygen atoms in total.